The third kappa shape index (κ3) is 4.09. The molecule has 5 nitrogen and oxygen atoms in total. The van der Waals surface area contributed by atoms with E-state index in [0.717, 1.165) is 18.7 Å². The van der Waals surface area contributed by atoms with Crippen LogP contribution in [-0.4, -0.2) is 49.0 Å². The Morgan fingerprint density at radius 2 is 1.92 bits per heavy atom. The summed E-state index contributed by atoms with van der Waals surface area (Å²) < 4.78 is 18.7. The number of ether oxygens (including phenoxy) is 1. The van der Waals surface area contributed by atoms with E-state index in [1.54, 1.807) is 30.3 Å². The van der Waals surface area contributed by atoms with Crippen LogP contribution < -0.4 is 10.5 Å². The number of amides is 1. The number of benzene rings is 2. The summed E-state index contributed by atoms with van der Waals surface area (Å²) in [6, 6.07) is 12.1. The summed E-state index contributed by atoms with van der Waals surface area (Å²) in [6.45, 7) is 3.45. The molecule has 0 spiro atoms. The lowest BCUT2D eigenvalue weighted by atomic mass is 10.1. The minimum absolute atomic E-state index is 0.00226. The summed E-state index contributed by atoms with van der Waals surface area (Å²) in [5.41, 5.74) is 7.85. The second-order valence-corrected chi connectivity index (χ2v) is 6.16. The van der Waals surface area contributed by atoms with Gasteiger partial charge in [0.25, 0.3) is 5.91 Å². The molecule has 0 unspecified atom stereocenters. The minimum atomic E-state index is -0.351. The molecule has 0 aliphatic carbocycles. The number of halogens is 1. The first-order chi connectivity index (χ1) is 12.1. The Morgan fingerprint density at radius 3 is 2.56 bits per heavy atom. The molecule has 2 aromatic rings. The maximum atomic E-state index is 13.8. The fourth-order valence-corrected chi connectivity index (χ4v) is 3.03. The van der Waals surface area contributed by atoms with Crippen molar-refractivity contribution < 1.29 is 13.9 Å². The zero-order valence-electron chi connectivity index (χ0n) is 14.2. The van der Waals surface area contributed by atoms with Crippen molar-refractivity contribution in [1.29, 1.82) is 0 Å². The Kier molecular flexibility index (Phi) is 5.19. The number of carbonyl (C=O) groups is 1. The number of carbonyl (C=O) groups excluding carboxylic acids is 1. The molecule has 1 aliphatic rings. The molecule has 0 saturated carbocycles. The Hall–Kier alpha value is -2.60. The summed E-state index contributed by atoms with van der Waals surface area (Å²) in [7, 11) is 1.45. The second-order valence-electron chi connectivity index (χ2n) is 6.16. The number of methoxy groups -OCH3 is 1. The number of piperazine rings is 1. The average molecular weight is 343 g/mol. The van der Waals surface area contributed by atoms with Gasteiger partial charge in [0.15, 0.2) is 11.6 Å². The van der Waals surface area contributed by atoms with Gasteiger partial charge >= 0.3 is 0 Å². The van der Waals surface area contributed by atoms with E-state index in [2.05, 4.69) is 4.90 Å². The van der Waals surface area contributed by atoms with E-state index in [0.29, 0.717) is 30.9 Å². The van der Waals surface area contributed by atoms with Crippen LogP contribution in [-0.2, 0) is 6.54 Å². The lowest BCUT2D eigenvalue weighted by Crippen LogP contribution is -2.48. The highest BCUT2D eigenvalue weighted by molar-refractivity contribution is 5.95. The van der Waals surface area contributed by atoms with Crippen LogP contribution in [0.5, 0.6) is 5.75 Å². The van der Waals surface area contributed by atoms with Crippen molar-refractivity contribution in [3.8, 4) is 5.75 Å². The van der Waals surface area contributed by atoms with Crippen molar-refractivity contribution in [2.75, 3.05) is 39.0 Å². The van der Waals surface area contributed by atoms with Crippen molar-refractivity contribution in [3.63, 3.8) is 0 Å². The molecule has 132 valence electrons. The number of hydrogen-bond acceptors (Lipinski definition) is 4. The molecule has 1 amide bonds. The van der Waals surface area contributed by atoms with Gasteiger partial charge in [0.1, 0.15) is 0 Å². The fourth-order valence-electron chi connectivity index (χ4n) is 3.03. The summed E-state index contributed by atoms with van der Waals surface area (Å²) in [5.74, 6) is -0.0979. The molecule has 0 bridgehead atoms. The third-order valence-corrected chi connectivity index (χ3v) is 4.42. The topological polar surface area (TPSA) is 58.8 Å². The van der Waals surface area contributed by atoms with Gasteiger partial charge in [-0.2, -0.15) is 0 Å². The van der Waals surface area contributed by atoms with Gasteiger partial charge < -0.3 is 15.4 Å². The molecule has 1 aliphatic heterocycles. The lowest BCUT2D eigenvalue weighted by molar-refractivity contribution is 0.0628. The van der Waals surface area contributed by atoms with Crippen molar-refractivity contribution in [2.45, 2.75) is 6.54 Å². The third-order valence-electron chi connectivity index (χ3n) is 4.42. The van der Waals surface area contributed by atoms with Crippen LogP contribution in [0, 0.1) is 5.82 Å². The zero-order valence-corrected chi connectivity index (χ0v) is 14.2. The SMILES string of the molecule is COc1ccc(CN2CCN(C(=O)c3cccc(N)c3)CC2)cc1F. The van der Waals surface area contributed by atoms with Crippen molar-refractivity contribution in [3.05, 3.63) is 59.4 Å². The Morgan fingerprint density at radius 1 is 1.16 bits per heavy atom. The number of anilines is 1. The van der Waals surface area contributed by atoms with Gasteiger partial charge in [0, 0.05) is 44.0 Å². The Bertz CT molecular complexity index is 758. The summed E-state index contributed by atoms with van der Waals surface area (Å²) in [6.07, 6.45) is 0. The summed E-state index contributed by atoms with van der Waals surface area (Å²) >= 11 is 0. The van der Waals surface area contributed by atoms with Crippen LogP contribution in [0.15, 0.2) is 42.5 Å². The lowest BCUT2D eigenvalue weighted by Gasteiger charge is -2.34. The number of nitrogens with two attached hydrogens (primary N) is 1. The fraction of sp³-hybridized carbons (Fsp3) is 0.316. The highest BCUT2D eigenvalue weighted by Crippen LogP contribution is 2.19. The van der Waals surface area contributed by atoms with Gasteiger partial charge in [0.2, 0.25) is 0 Å². The van der Waals surface area contributed by atoms with Crippen LogP contribution in [0.1, 0.15) is 15.9 Å². The first-order valence-electron chi connectivity index (χ1n) is 8.26. The minimum Gasteiger partial charge on any atom is -0.494 e. The van der Waals surface area contributed by atoms with Crippen molar-refractivity contribution >= 4 is 11.6 Å². The largest absolute Gasteiger partial charge is 0.494 e. The predicted octanol–water partition coefficient (Wildman–Crippen LogP) is 2.37. The molecular weight excluding hydrogens is 321 g/mol. The second kappa shape index (κ2) is 7.53. The summed E-state index contributed by atoms with van der Waals surface area (Å²) in [4.78, 5) is 16.6. The predicted molar refractivity (Wildman–Crippen MR) is 95.0 cm³/mol. The molecule has 1 heterocycles. The normalized spacial score (nSPS) is 15.2. The Labute approximate surface area is 146 Å². The van der Waals surface area contributed by atoms with Gasteiger partial charge in [0.05, 0.1) is 7.11 Å². The quantitative estimate of drug-likeness (QED) is 0.866. The number of nitrogen functional groups attached to an aromatic ring is 1. The van der Waals surface area contributed by atoms with Crippen molar-refractivity contribution in [2.24, 2.45) is 0 Å². The summed E-state index contributed by atoms with van der Waals surface area (Å²) in [5, 5.41) is 0. The molecule has 1 saturated heterocycles. The number of nitrogens with zero attached hydrogens (tertiary/aromatic N) is 2. The number of hydrogen-bond donors (Lipinski definition) is 1. The average Bonchev–Trinajstić information content (AvgIpc) is 2.62. The molecule has 25 heavy (non-hydrogen) atoms. The van der Waals surface area contributed by atoms with Crippen LogP contribution in [0.25, 0.3) is 0 Å². The maximum absolute atomic E-state index is 13.8. The van der Waals surface area contributed by atoms with Gasteiger partial charge in [-0.3, -0.25) is 9.69 Å². The van der Waals surface area contributed by atoms with E-state index in [9.17, 15) is 9.18 Å². The molecule has 2 N–H and O–H groups in total. The standard InChI is InChI=1S/C19H22FN3O2/c1-25-18-6-5-14(11-17(18)20)13-22-7-9-23(10-8-22)19(24)15-3-2-4-16(21)12-15/h2-6,11-12H,7-10,13,21H2,1H3. The van der Waals surface area contributed by atoms with Gasteiger partial charge in [-0.25, -0.2) is 4.39 Å². The van der Waals surface area contributed by atoms with Crippen LogP contribution in [0.4, 0.5) is 10.1 Å². The number of rotatable bonds is 4. The van der Waals surface area contributed by atoms with Crippen molar-refractivity contribution in [1.82, 2.24) is 9.80 Å². The molecule has 3 rings (SSSR count). The van der Waals surface area contributed by atoms with Crippen LogP contribution in [0.2, 0.25) is 0 Å². The molecule has 0 atom stereocenters. The molecule has 2 aromatic carbocycles. The highest BCUT2D eigenvalue weighted by Gasteiger charge is 2.22. The van der Waals surface area contributed by atoms with Crippen LogP contribution >= 0.6 is 0 Å². The Balaban J connectivity index is 1.56. The molecular formula is C19H22FN3O2. The first-order valence-corrected chi connectivity index (χ1v) is 8.26. The van der Waals surface area contributed by atoms with Gasteiger partial charge in [-0.05, 0) is 35.9 Å². The molecule has 6 heteroatoms. The van der Waals surface area contributed by atoms with Crippen LogP contribution in [0.3, 0.4) is 0 Å². The van der Waals surface area contributed by atoms with E-state index >= 15 is 0 Å². The van der Waals surface area contributed by atoms with Gasteiger partial charge in [-0.15, -0.1) is 0 Å². The van der Waals surface area contributed by atoms with E-state index in [-0.39, 0.29) is 17.5 Å². The van der Waals surface area contributed by atoms with E-state index in [4.69, 9.17) is 10.5 Å². The highest BCUT2D eigenvalue weighted by atomic mass is 19.1. The van der Waals surface area contributed by atoms with E-state index in [1.165, 1.54) is 13.2 Å². The first kappa shape index (κ1) is 17.2. The van der Waals surface area contributed by atoms with E-state index in [1.807, 2.05) is 11.0 Å². The molecule has 1 fully saturated rings. The molecule has 0 radical (unpaired) electrons. The van der Waals surface area contributed by atoms with Gasteiger partial charge in [-0.1, -0.05) is 12.1 Å². The van der Waals surface area contributed by atoms with E-state index < -0.39 is 0 Å². The maximum Gasteiger partial charge on any atom is 0.254 e. The monoisotopic (exact) mass is 343 g/mol. The smallest absolute Gasteiger partial charge is 0.254 e. The zero-order chi connectivity index (χ0) is 17.8. The molecule has 0 aromatic heterocycles.